The van der Waals surface area contributed by atoms with Gasteiger partial charge >= 0.3 is 5.97 Å². The molecule has 0 saturated carbocycles. The number of hydrogen-bond donors (Lipinski definition) is 1. The van der Waals surface area contributed by atoms with Crippen molar-refractivity contribution in [1.82, 2.24) is 0 Å². The van der Waals surface area contributed by atoms with Crippen LogP contribution < -0.4 is 0 Å². The van der Waals surface area contributed by atoms with Gasteiger partial charge in [-0.05, 0) is 29.8 Å². The Balaban J connectivity index is 2.20. The van der Waals surface area contributed by atoms with Gasteiger partial charge in [-0.25, -0.2) is 22.9 Å². The molecule has 1 aliphatic heterocycles. The van der Waals surface area contributed by atoms with Gasteiger partial charge < -0.3 is 9.84 Å². The third-order valence-electron chi connectivity index (χ3n) is 4.20. The quantitative estimate of drug-likeness (QED) is 0.331. The average Bonchev–Trinajstić information content (AvgIpc) is 2.93. The number of rotatable bonds is 6. The van der Waals surface area contributed by atoms with E-state index in [1.807, 2.05) is 0 Å². The smallest absolute Gasteiger partial charge is 0.342 e. The highest BCUT2D eigenvalue weighted by Gasteiger charge is 2.47. The molecule has 1 unspecified atom stereocenters. The standard InChI is InChI=1S/C19H15F3O5S/c1-3-19(24)17(12-6-5-11(9-14(12)21)28-27-25-2)16(18(23)26-19)10-4-7-13(20)15(22)8-10/h4-9,24H,3H2,1-2H3. The number of cyclic esters (lactones) is 1. The number of esters is 1. The molecule has 1 atom stereocenters. The van der Waals surface area contributed by atoms with E-state index in [0.717, 1.165) is 36.3 Å². The van der Waals surface area contributed by atoms with Crippen molar-refractivity contribution in [3.05, 3.63) is 65.0 Å². The van der Waals surface area contributed by atoms with Crippen LogP contribution in [0.15, 0.2) is 41.3 Å². The van der Waals surface area contributed by atoms with E-state index in [2.05, 4.69) is 9.22 Å². The summed E-state index contributed by atoms with van der Waals surface area (Å²) in [5, 5.41) is 10.8. The van der Waals surface area contributed by atoms with Crippen LogP contribution in [-0.4, -0.2) is 24.0 Å². The summed E-state index contributed by atoms with van der Waals surface area (Å²) in [6.45, 7) is 1.54. The molecule has 1 N–H and O–H groups in total. The molecule has 3 rings (SSSR count). The lowest BCUT2D eigenvalue weighted by Gasteiger charge is -2.24. The molecule has 0 saturated heterocycles. The number of benzene rings is 2. The Morgan fingerprint density at radius 2 is 1.86 bits per heavy atom. The second-order valence-corrected chi connectivity index (χ2v) is 6.64. The molecule has 2 aromatic rings. The van der Waals surface area contributed by atoms with Crippen LogP contribution in [0.2, 0.25) is 0 Å². The van der Waals surface area contributed by atoms with Crippen molar-refractivity contribution in [3.8, 4) is 0 Å². The predicted octanol–water partition coefficient (Wildman–Crippen LogP) is 4.26. The summed E-state index contributed by atoms with van der Waals surface area (Å²) in [5.41, 5.74) is -0.552. The lowest BCUT2D eigenvalue weighted by atomic mass is 9.89. The van der Waals surface area contributed by atoms with Crippen LogP contribution >= 0.6 is 12.0 Å². The molecule has 0 bridgehead atoms. The Morgan fingerprint density at radius 1 is 1.11 bits per heavy atom. The summed E-state index contributed by atoms with van der Waals surface area (Å²) in [4.78, 5) is 17.2. The predicted molar refractivity (Wildman–Crippen MR) is 94.9 cm³/mol. The first-order valence-electron chi connectivity index (χ1n) is 8.14. The van der Waals surface area contributed by atoms with Crippen molar-refractivity contribution in [2.24, 2.45) is 0 Å². The van der Waals surface area contributed by atoms with Crippen LogP contribution in [0.25, 0.3) is 11.1 Å². The maximum atomic E-state index is 14.8. The first kappa shape index (κ1) is 20.4. The molecule has 5 nitrogen and oxygen atoms in total. The summed E-state index contributed by atoms with van der Waals surface area (Å²) < 4.78 is 51.5. The van der Waals surface area contributed by atoms with E-state index in [4.69, 9.17) is 4.74 Å². The summed E-state index contributed by atoms with van der Waals surface area (Å²) >= 11 is 0.763. The number of hydrogen-bond acceptors (Lipinski definition) is 6. The maximum absolute atomic E-state index is 14.8. The van der Waals surface area contributed by atoms with Crippen molar-refractivity contribution in [3.63, 3.8) is 0 Å². The zero-order valence-electron chi connectivity index (χ0n) is 14.8. The van der Waals surface area contributed by atoms with Gasteiger partial charge in [0.1, 0.15) is 5.82 Å². The lowest BCUT2D eigenvalue weighted by molar-refractivity contribution is -0.175. The Morgan fingerprint density at radius 3 is 2.46 bits per heavy atom. The normalized spacial score (nSPS) is 19.3. The van der Waals surface area contributed by atoms with Crippen LogP contribution in [0.1, 0.15) is 24.5 Å². The van der Waals surface area contributed by atoms with Crippen molar-refractivity contribution in [2.45, 2.75) is 24.0 Å². The number of aliphatic hydroxyl groups is 1. The largest absolute Gasteiger partial charge is 0.425 e. The third-order valence-corrected chi connectivity index (χ3v) is 4.85. The van der Waals surface area contributed by atoms with E-state index in [9.17, 15) is 23.1 Å². The Labute approximate surface area is 162 Å². The van der Waals surface area contributed by atoms with Gasteiger partial charge in [0.05, 0.1) is 24.7 Å². The zero-order valence-corrected chi connectivity index (χ0v) is 15.6. The van der Waals surface area contributed by atoms with Gasteiger partial charge in [-0.2, -0.15) is 4.33 Å². The number of halogens is 3. The molecule has 2 aromatic carbocycles. The van der Waals surface area contributed by atoms with Gasteiger partial charge in [0, 0.05) is 22.5 Å². The SMILES string of the molecule is CCC1(O)OC(=O)C(c2ccc(F)c(F)c2)=C1c1ccc(SOOC)cc1F. The summed E-state index contributed by atoms with van der Waals surface area (Å²) in [6.07, 6.45) is -0.0794. The molecule has 28 heavy (non-hydrogen) atoms. The first-order valence-corrected chi connectivity index (χ1v) is 8.88. The Bertz CT molecular complexity index is 963. The average molecular weight is 412 g/mol. The Kier molecular flexibility index (Phi) is 5.80. The van der Waals surface area contributed by atoms with E-state index in [0.29, 0.717) is 4.90 Å². The second kappa shape index (κ2) is 7.96. The van der Waals surface area contributed by atoms with E-state index >= 15 is 0 Å². The fourth-order valence-electron chi connectivity index (χ4n) is 2.88. The number of carbonyl (C=O) groups is 1. The molecule has 0 spiro atoms. The van der Waals surface area contributed by atoms with Crippen molar-refractivity contribution in [1.29, 1.82) is 0 Å². The van der Waals surface area contributed by atoms with Gasteiger partial charge in [-0.3, -0.25) is 0 Å². The minimum atomic E-state index is -2.12. The minimum Gasteiger partial charge on any atom is -0.425 e. The molecular formula is C19H15F3O5S. The van der Waals surface area contributed by atoms with E-state index in [1.54, 1.807) is 0 Å². The molecule has 0 fully saturated rings. The molecule has 0 aromatic heterocycles. The molecule has 148 valence electrons. The molecule has 0 aliphatic carbocycles. The number of carbonyl (C=O) groups excluding carboxylic acids is 1. The topological polar surface area (TPSA) is 65.0 Å². The maximum Gasteiger partial charge on any atom is 0.342 e. The molecule has 0 radical (unpaired) electrons. The molecule has 0 amide bonds. The van der Waals surface area contributed by atoms with E-state index < -0.39 is 29.2 Å². The minimum absolute atomic E-state index is 0.0381. The van der Waals surface area contributed by atoms with Crippen molar-refractivity contribution in [2.75, 3.05) is 7.11 Å². The van der Waals surface area contributed by atoms with Crippen molar-refractivity contribution < 1.29 is 37.0 Å². The first-order chi connectivity index (χ1) is 13.3. The highest BCUT2D eigenvalue weighted by Crippen LogP contribution is 2.45. The molecule has 1 aliphatic rings. The molecule has 9 heteroatoms. The van der Waals surface area contributed by atoms with Gasteiger partial charge in [-0.15, -0.1) is 0 Å². The highest BCUT2D eigenvalue weighted by atomic mass is 32.2. The number of ether oxygens (including phenoxy) is 1. The summed E-state index contributed by atoms with van der Waals surface area (Å²) in [7, 11) is 1.29. The monoisotopic (exact) mass is 412 g/mol. The summed E-state index contributed by atoms with van der Waals surface area (Å²) in [6, 6.07) is 6.72. The molecule has 1 heterocycles. The van der Waals surface area contributed by atoms with E-state index in [1.165, 1.54) is 26.2 Å². The van der Waals surface area contributed by atoms with Crippen LogP contribution in [0, 0.1) is 17.5 Å². The Hall–Kier alpha value is -2.33. The van der Waals surface area contributed by atoms with Crippen LogP contribution in [-0.2, 0) is 18.8 Å². The fourth-order valence-corrected chi connectivity index (χ4v) is 3.31. The van der Waals surface area contributed by atoms with Crippen molar-refractivity contribution >= 4 is 29.2 Å². The second-order valence-electron chi connectivity index (χ2n) is 5.87. The summed E-state index contributed by atoms with van der Waals surface area (Å²) in [5.74, 6) is -6.15. The molecular weight excluding hydrogens is 397 g/mol. The van der Waals surface area contributed by atoms with Crippen LogP contribution in [0.4, 0.5) is 13.2 Å². The van der Waals surface area contributed by atoms with Crippen LogP contribution in [0.5, 0.6) is 0 Å². The fraction of sp³-hybridized carbons (Fsp3) is 0.211. The zero-order chi connectivity index (χ0) is 20.5. The van der Waals surface area contributed by atoms with Crippen LogP contribution in [0.3, 0.4) is 0 Å². The highest BCUT2D eigenvalue weighted by molar-refractivity contribution is 7.94. The van der Waals surface area contributed by atoms with Gasteiger partial charge in [-0.1, -0.05) is 19.1 Å². The van der Waals surface area contributed by atoms with Gasteiger partial charge in [0.2, 0.25) is 5.79 Å². The third kappa shape index (κ3) is 3.66. The van der Waals surface area contributed by atoms with E-state index in [-0.39, 0.29) is 28.7 Å². The lowest BCUT2D eigenvalue weighted by Crippen LogP contribution is -2.30. The van der Waals surface area contributed by atoms with Gasteiger partial charge in [0.15, 0.2) is 11.6 Å². The van der Waals surface area contributed by atoms with Gasteiger partial charge in [0.25, 0.3) is 0 Å².